The third kappa shape index (κ3) is 5.07. The number of carbonyl (C=O) groups excluding carboxylic acids is 1. The fourth-order valence-corrected chi connectivity index (χ4v) is 2.94. The highest BCUT2D eigenvalue weighted by Gasteiger charge is 2.15. The van der Waals surface area contributed by atoms with Crippen LogP contribution in [0, 0.1) is 0 Å². The first kappa shape index (κ1) is 19.8. The number of aromatic nitrogens is 3. The summed E-state index contributed by atoms with van der Waals surface area (Å²) < 4.78 is 0. The first-order valence-electron chi connectivity index (χ1n) is 9.02. The second kappa shape index (κ2) is 9.32. The van der Waals surface area contributed by atoms with E-state index in [2.05, 4.69) is 39.4 Å². The molecule has 144 valence electrons. The van der Waals surface area contributed by atoms with E-state index < -0.39 is 0 Å². The number of hydrogen-bond donors (Lipinski definition) is 2. The lowest BCUT2D eigenvalue weighted by Gasteiger charge is -2.13. The highest BCUT2D eigenvalue weighted by Crippen LogP contribution is 2.21. The lowest BCUT2D eigenvalue weighted by atomic mass is 10.0. The minimum Gasteiger partial charge on any atom is -0.365 e. The third-order valence-corrected chi connectivity index (χ3v) is 4.80. The van der Waals surface area contributed by atoms with Gasteiger partial charge in [0.15, 0.2) is 5.16 Å². The fraction of sp³-hybridized carbons (Fsp3) is 0.238. The Bertz CT molecular complexity index is 929. The Hall–Kier alpha value is -2.93. The van der Waals surface area contributed by atoms with Gasteiger partial charge in [-0.15, -0.1) is 0 Å². The summed E-state index contributed by atoms with van der Waals surface area (Å²) in [6, 6.07) is 11.7. The summed E-state index contributed by atoms with van der Waals surface area (Å²) in [6.45, 7) is 4.81. The van der Waals surface area contributed by atoms with Gasteiger partial charge in [0.1, 0.15) is 11.4 Å². The van der Waals surface area contributed by atoms with Crippen molar-refractivity contribution < 1.29 is 4.79 Å². The Kier molecular flexibility index (Phi) is 6.60. The number of hydrogen-bond acceptors (Lipinski definition) is 6. The number of anilines is 2. The van der Waals surface area contributed by atoms with Gasteiger partial charge in [-0.05, 0) is 47.6 Å². The average Bonchev–Trinajstić information content (AvgIpc) is 2.73. The highest BCUT2D eigenvalue weighted by atomic mass is 32.2. The molecule has 0 saturated carbocycles. The smallest absolute Gasteiger partial charge is 0.260 e. The first-order valence-corrected chi connectivity index (χ1v) is 10.2. The molecule has 0 radical (unpaired) electrons. The molecule has 0 atom stereocenters. The van der Waals surface area contributed by atoms with Gasteiger partial charge in [0.2, 0.25) is 0 Å². The van der Waals surface area contributed by atoms with Gasteiger partial charge >= 0.3 is 0 Å². The molecule has 28 heavy (non-hydrogen) atoms. The molecule has 0 aliphatic heterocycles. The number of thioether (sulfide) groups is 1. The van der Waals surface area contributed by atoms with Gasteiger partial charge in [-0.2, -0.15) is 0 Å². The predicted octanol–water partition coefficient (Wildman–Crippen LogP) is 4.58. The molecule has 3 rings (SSSR count). The van der Waals surface area contributed by atoms with Crippen LogP contribution in [-0.2, 0) is 6.54 Å². The molecule has 2 aromatic heterocycles. The Morgan fingerprint density at radius 2 is 1.82 bits per heavy atom. The van der Waals surface area contributed by atoms with E-state index in [1.165, 1.54) is 17.3 Å². The van der Waals surface area contributed by atoms with Crippen LogP contribution in [0.1, 0.15) is 41.3 Å². The van der Waals surface area contributed by atoms with Crippen LogP contribution in [0.3, 0.4) is 0 Å². The molecule has 0 spiro atoms. The van der Waals surface area contributed by atoms with Crippen molar-refractivity contribution in [2.45, 2.75) is 31.5 Å². The molecule has 0 aliphatic carbocycles. The van der Waals surface area contributed by atoms with Crippen molar-refractivity contribution in [3.8, 4) is 0 Å². The van der Waals surface area contributed by atoms with E-state index in [0.29, 0.717) is 29.0 Å². The van der Waals surface area contributed by atoms with E-state index in [1.807, 2.05) is 42.7 Å². The fourth-order valence-electron chi connectivity index (χ4n) is 2.60. The van der Waals surface area contributed by atoms with Crippen molar-refractivity contribution in [1.82, 2.24) is 15.0 Å². The van der Waals surface area contributed by atoms with E-state index in [4.69, 9.17) is 0 Å². The molecule has 1 aromatic carbocycles. The maximum Gasteiger partial charge on any atom is 0.260 e. The van der Waals surface area contributed by atoms with Gasteiger partial charge < -0.3 is 10.6 Å². The van der Waals surface area contributed by atoms with Crippen LogP contribution in [0.2, 0.25) is 0 Å². The Labute approximate surface area is 169 Å². The van der Waals surface area contributed by atoms with Crippen LogP contribution in [0.4, 0.5) is 11.5 Å². The summed E-state index contributed by atoms with van der Waals surface area (Å²) in [4.78, 5) is 25.6. The molecule has 0 bridgehead atoms. The van der Waals surface area contributed by atoms with Crippen LogP contribution in [0.25, 0.3) is 0 Å². The van der Waals surface area contributed by atoms with Crippen LogP contribution in [-0.4, -0.2) is 27.1 Å². The van der Waals surface area contributed by atoms with Crippen LogP contribution in [0.15, 0.2) is 60.1 Å². The number of nitrogens with zero attached hydrogens (tertiary/aromatic N) is 3. The second-order valence-electron chi connectivity index (χ2n) is 6.56. The number of nitrogens with one attached hydrogen (secondary N) is 2. The summed E-state index contributed by atoms with van der Waals surface area (Å²) in [5.41, 5.74) is 3.42. The highest BCUT2D eigenvalue weighted by molar-refractivity contribution is 7.98. The summed E-state index contributed by atoms with van der Waals surface area (Å²) in [5, 5.41) is 6.77. The van der Waals surface area contributed by atoms with Gasteiger partial charge in [0.25, 0.3) is 5.91 Å². The number of rotatable bonds is 7. The quantitative estimate of drug-likeness (QED) is 0.452. The van der Waals surface area contributed by atoms with Crippen molar-refractivity contribution in [2.75, 3.05) is 16.9 Å². The lowest BCUT2D eigenvalue weighted by molar-refractivity contribution is 0.102. The van der Waals surface area contributed by atoms with Gasteiger partial charge in [-0.1, -0.05) is 37.7 Å². The molecule has 0 aliphatic rings. The monoisotopic (exact) mass is 393 g/mol. The van der Waals surface area contributed by atoms with Crippen LogP contribution in [0.5, 0.6) is 0 Å². The molecular formula is C21H23N5OS. The molecule has 2 heterocycles. The van der Waals surface area contributed by atoms with Crippen LogP contribution >= 0.6 is 11.8 Å². The molecule has 6 nitrogen and oxygen atoms in total. The average molecular weight is 394 g/mol. The molecule has 2 N–H and O–H groups in total. The van der Waals surface area contributed by atoms with E-state index >= 15 is 0 Å². The maximum atomic E-state index is 12.8. The molecule has 7 heteroatoms. The van der Waals surface area contributed by atoms with Gasteiger partial charge in [-0.25, -0.2) is 9.97 Å². The molecular weight excluding hydrogens is 370 g/mol. The lowest BCUT2D eigenvalue weighted by Crippen LogP contribution is -2.17. The standard InChI is InChI=1S/C21H23N5OS/c1-14(2)16-4-6-17(7-5-16)25-20(27)18-13-24-21(28-3)26-19(18)23-12-15-8-10-22-11-9-15/h4-11,13-14H,12H2,1-3H3,(H,25,27)(H,23,24,26). The first-order chi connectivity index (χ1) is 13.6. The van der Waals surface area contributed by atoms with E-state index in [-0.39, 0.29) is 5.91 Å². The van der Waals surface area contributed by atoms with Gasteiger partial charge in [0.05, 0.1) is 0 Å². The topological polar surface area (TPSA) is 79.8 Å². The zero-order valence-electron chi connectivity index (χ0n) is 16.1. The van der Waals surface area contributed by atoms with Crippen molar-refractivity contribution in [1.29, 1.82) is 0 Å². The zero-order chi connectivity index (χ0) is 19.9. The van der Waals surface area contributed by atoms with Crippen molar-refractivity contribution >= 4 is 29.2 Å². The Morgan fingerprint density at radius 1 is 1.11 bits per heavy atom. The van der Waals surface area contributed by atoms with E-state index in [9.17, 15) is 4.79 Å². The summed E-state index contributed by atoms with van der Waals surface area (Å²) in [5.74, 6) is 0.705. The Balaban J connectivity index is 1.78. The number of pyridine rings is 1. The maximum absolute atomic E-state index is 12.8. The predicted molar refractivity (Wildman–Crippen MR) is 114 cm³/mol. The van der Waals surface area contributed by atoms with Crippen molar-refractivity contribution in [3.63, 3.8) is 0 Å². The summed E-state index contributed by atoms with van der Waals surface area (Å²) >= 11 is 1.43. The minimum absolute atomic E-state index is 0.248. The molecule has 0 unspecified atom stereocenters. The molecule has 0 saturated heterocycles. The summed E-state index contributed by atoms with van der Waals surface area (Å²) in [7, 11) is 0. The zero-order valence-corrected chi connectivity index (χ0v) is 17.0. The molecule has 1 amide bonds. The number of amides is 1. The minimum atomic E-state index is -0.248. The van der Waals surface area contributed by atoms with E-state index in [1.54, 1.807) is 18.6 Å². The molecule has 3 aromatic rings. The number of benzene rings is 1. The third-order valence-electron chi connectivity index (χ3n) is 4.24. The van der Waals surface area contributed by atoms with Gasteiger partial charge in [0, 0.05) is 30.8 Å². The number of carbonyl (C=O) groups is 1. The summed E-state index contributed by atoms with van der Waals surface area (Å²) in [6.07, 6.45) is 6.93. The largest absolute Gasteiger partial charge is 0.365 e. The normalized spacial score (nSPS) is 10.7. The SMILES string of the molecule is CSc1ncc(C(=O)Nc2ccc(C(C)C)cc2)c(NCc2ccncc2)n1. The van der Waals surface area contributed by atoms with Crippen LogP contribution < -0.4 is 10.6 Å². The van der Waals surface area contributed by atoms with Gasteiger partial charge in [-0.3, -0.25) is 9.78 Å². The second-order valence-corrected chi connectivity index (χ2v) is 7.33. The van der Waals surface area contributed by atoms with Crippen molar-refractivity contribution in [2.24, 2.45) is 0 Å². The Morgan fingerprint density at radius 3 is 2.46 bits per heavy atom. The van der Waals surface area contributed by atoms with Crippen molar-refractivity contribution in [3.05, 3.63) is 71.7 Å². The van der Waals surface area contributed by atoms with E-state index in [0.717, 1.165) is 11.3 Å². The molecule has 0 fully saturated rings.